The molecular formula is C28H31F4N5O4S. The number of halogens is 4. The summed E-state index contributed by atoms with van der Waals surface area (Å²) in [6.45, 7) is 1.22. The molecule has 1 fully saturated rings. The average molecular weight is 610 g/mol. The van der Waals surface area contributed by atoms with Gasteiger partial charge < -0.3 is 24.8 Å². The average Bonchev–Trinajstić information content (AvgIpc) is 3.28. The van der Waals surface area contributed by atoms with Crippen molar-refractivity contribution in [1.82, 2.24) is 19.8 Å². The number of benzene rings is 2. The first-order valence-corrected chi connectivity index (χ1v) is 14.9. The second-order valence-corrected chi connectivity index (χ2v) is 12.4. The number of methoxy groups -OCH3 is 1. The van der Waals surface area contributed by atoms with Crippen LogP contribution in [-0.2, 0) is 16.4 Å². The lowest BCUT2D eigenvalue weighted by Gasteiger charge is -2.37. The minimum Gasteiger partial charge on any atom is -0.495 e. The van der Waals surface area contributed by atoms with Gasteiger partial charge in [0.1, 0.15) is 24.0 Å². The van der Waals surface area contributed by atoms with Crippen molar-refractivity contribution >= 4 is 32.5 Å². The summed E-state index contributed by atoms with van der Waals surface area (Å²) >= 11 is 0. The highest BCUT2D eigenvalue weighted by atomic mass is 32.2. The summed E-state index contributed by atoms with van der Waals surface area (Å²) in [5, 5.41) is 5.69. The predicted octanol–water partition coefficient (Wildman–Crippen LogP) is 3.49. The number of carbonyl (C=O) groups excluding carboxylic acids is 1. The van der Waals surface area contributed by atoms with E-state index in [9.17, 15) is 30.8 Å². The van der Waals surface area contributed by atoms with Crippen LogP contribution in [-0.4, -0.2) is 87.2 Å². The minimum absolute atomic E-state index is 0.0155. The van der Waals surface area contributed by atoms with Gasteiger partial charge in [-0.2, -0.15) is 13.2 Å². The molecule has 1 saturated heterocycles. The fraction of sp³-hybridized carbons (Fsp3) is 0.429. The molecule has 0 bridgehead atoms. The van der Waals surface area contributed by atoms with Crippen LogP contribution in [0.4, 0.5) is 23.2 Å². The van der Waals surface area contributed by atoms with Crippen LogP contribution in [0.5, 0.6) is 5.75 Å². The summed E-state index contributed by atoms with van der Waals surface area (Å²) < 4.78 is 84.6. The zero-order valence-electron chi connectivity index (χ0n) is 23.4. The Morgan fingerprint density at radius 3 is 2.60 bits per heavy atom. The SMILES string of the molecule is COc1ccc(S(C)(=O)=O)cc1NCC#Cc1cc(C(=O)N[C@@H]2[C@@H](C)CN(C)C[C@@H]2F)c2ncn(CC(F)(F)F)c2c1. The monoisotopic (exact) mass is 609 g/mol. The number of rotatable bonds is 7. The van der Waals surface area contributed by atoms with E-state index in [1.807, 2.05) is 11.8 Å². The second kappa shape index (κ2) is 12.2. The van der Waals surface area contributed by atoms with Gasteiger partial charge in [0.15, 0.2) is 9.84 Å². The van der Waals surface area contributed by atoms with Gasteiger partial charge in [0.25, 0.3) is 5.91 Å². The van der Waals surface area contributed by atoms with Crippen LogP contribution in [0, 0.1) is 17.8 Å². The molecule has 1 aliphatic heterocycles. The first kappa shape index (κ1) is 31.1. The van der Waals surface area contributed by atoms with E-state index in [4.69, 9.17) is 4.74 Å². The highest BCUT2D eigenvalue weighted by Gasteiger charge is 2.35. The number of imidazole rings is 1. The number of alkyl halides is 4. The quantitative estimate of drug-likeness (QED) is 0.312. The first-order valence-electron chi connectivity index (χ1n) is 13.0. The van der Waals surface area contributed by atoms with Crippen LogP contribution in [0.25, 0.3) is 11.0 Å². The van der Waals surface area contributed by atoms with Gasteiger partial charge in [0, 0.05) is 24.9 Å². The molecule has 1 aliphatic rings. The maximum Gasteiger partial charge on any atom is 0.406 e. The number of fused-ring (bicyclic) bond motifs is 1. The Balaban J connectivity index is 1.65. The number of anilines is 1. The van der Waals surface area contributed by atoms with Crippen LogP contribution >= 0.6 is 0 Å². The van der Waals surface area contributed by atoms with E-state index in [2.05, 4.69) is 27.5 Å². The molecule has 0 radical (unpaired) electrons. The van der Waals surface area contributed by atoms with Crippen LogP contribution in [0.3, 0.4) is 0 Å². The summed E-state index contributed by atoms with van der Waals surface area (Å²) in [7, 11) is -0.262. The molecule has 3 aromatic rings. The number of piperidine rings is 1. The topological polar surface area (TPSA) is 106 Å². The molecular weight excluding hydrogens is 578 g/mol. The summed E-state index contributed by atoms with van der Waals surface area (Å²) in [5.41, 5.74) is 0.684. The van der Waals surface area contributed by atoms with Crippen LogP contribution < -0.4 is 15.4 Å². The van der Waals surface area contributed by atoms with E-state index in [0.29, 0.717) is 18.0 Å². The van der Waals surface area contributed by atoms with Gasteiger partial charge in [-0.1, -0.05) is 18.8 Å². The Hall–Kier alpha value is -3.83. The first-order chi connectivity index (χ1) is 19.7. The van der Waals surface area contributed by atoms with E-state index < -0.39 is 40.7 Å². The molecule has 2 aromatic carbocycles. The van der Waals surface area contributed by atoms with Gasteiger partial charge in [0.05, 0.1) is 47.7 Å². The smallest absolute Gasteiger partial charge is 0.406 e. The zero-order valence-corrected chi connectivity index (χ0v) is 24.2. The molecule has 2 N–H and O–H groups in total. The number of sulfone groups is 1. The third-order valence-corrected chi connectivity index (χ3v) is 8.02. The van der Waals surface area contributed by atoms with Crippen molar-refractivity contribution in [2.75, 3.05) is 45.4 Å². The van der Waals surface area contributed by atoms with Gasteiger partial charge in [-0.25, -0.2) is 17.8 Å². The second-order valence-electron chi connectivity index (χ2n) is 10.4. The highest BCUT2D eigenvalue weighted by Crippen LogP contribution is 2.28. The van der Waals surface area contributed by atoms with Gasteiger partial charge in [-0.3, -0.25) is 4.79 Å². The van der Waals surface area contributed by atoms with Crippen molar-refractivity contribution < 1.29 is 35.5 Å². The van der Waals surface area contributed by atoms with Crippen molar-refractivity contribution in [1.29, 1.82) is 0 Å². The summed E-state index contributed by atoms with van der Waals surface area (Å²) in [6.07, 6.45) is -3.78. The van der Waals surface area contributed by atoms with Gasteiger partial charge in [-0.05, 0) is 43.3 Å². The number of hydrogen-bond acceptors (Lipinski definition) is 7. The number of carbonyl (C=O) groups is 1. The molecule has 0 unspecified atom stereocenters. The molecule has 226 valence electrons. The molecule has 0 saturated carbocycles. The molecule has 9 nitrogen and oxygen atoms in total. The van der Waals surface area contributed by atoms with E-state index in [1.165, 1.54) is 37.4 Å². The number of hydrogen-bond donors (Lipinski definition) is 2. The van der Waals surface area contributed by atoms with E-state index in [1.54, 1.807) is 7.05 Å². The van der Waals surface area contributed by atoms with Gasteiger partial charge in [0.2, 0.25) is 0 Å². The summed E-state index contributed by atoms with van der Waals surface area (Å²) in [5.74, 6) is 5.19. The third kappa shape index (κ3) is 7.32. The Kier molecular flexibility index (Phi) is 9.03. The number of nitrogens with one attached hydrogen (secondary N) is 2. The van der Waals surface area contributed by atoms with Crippen LogP contribution in [0.15, 0.2) is 41.6 Å². The maximum atomic E-state index is 14.8. The van der Waals surface area contributed by atoms with E-state index in [-0.39, 0.29) is 46.1 Å². The molecule has 1 aromatic heterocycles. The number of aromatic nitrogens is 2. The van der Waals surface area contributed by atoms with Crippen molar-refractivity contribution in [2.24, 2.45) is 5.92 Å². The van der Waals surface area contributed by atoms with Crippen molar-refractivity contribution in [3.05, 3.63) is 47.8 Å². The lowest BCUT2D eigenvalue weighted by atomic mass is 9.92. The number of ether oxygens (including phenoxy) is 1. The van der Waals surface area contributed by atoms with Crippen LogP contribution in [0.2, 0.25) is 0 Å². The standard InChI is InChI=1S/C28H31F4N5O4S/c1-17-13-36(2)14-21(29)25(17)35-27(38)20-10-18(11-23-26(20)34-16-37(23)15-28(30,31)32)6-5-9-33-22-12-19(42(4,39)40)7-8-24(22)41-3/h7-8,10-12,16-17,21,25,33H,9,13-15H2,1-4H3,(H,35,38)/t17-,21-,25+/m0/s1. The van der Waals surface area contributed by atoms with Crippen LogP contribution in [0.1, 0.15) is 22.8 Å². The molecule has 14 heteroatoms. The van der Waals surface area contributed by atoms with E-state index in [0.717, 1.165) is 17.2 Å². The fourth-order valence-electron chi connectivity index (χ4n) is 4.98. The Labute approximate surface area is 241 Å². The number of amides is 1. The molecule has 3 atom stereocenters. The number of nitrogens with zero attached hydrogens (tertiary/aromatic N) is 3. The molecule has 2 heterocycles. The van der Waals surface area contributed by atoms with E-state index >= 15 is 0 Å². The van der Waals surface area contributed by atoms with Crippen molar-refractivity contribution in [3.8, 4) is 17.6 Å². The molecule has 0 aliphatic carbocycles. The third-order valence-electron chi connectivity index (χ3n) is 6.90. The molecule has 1 amide bonds. The maximum absolute atomic E-state index is 14.8. The largest absolute Gasteiger partial charge is 0.495 e. The highest BCUT2D eigenvalue weighted by molar-refractivity contribution is 7.90. The number of likely N-dealkylation sites (tertiary alicyclic amines) is 1. The fourth-order valence-corrected chi connectivity index (χ4v) is 5.63. The minimum atomic E-state index is -4.54. The molecule has 0 spiro atoms. The summed E-state index contributed by atoms with van der Waals surface area (Å²) in [4.78, 5) is 19.3. The Morgan fingerprint density at radius 2 is 1.95 bits per heavy atom. The van der Waals surface area contributed by atoms with Crippen molar-refractivity contribution in [2.45, 2.75) is 36.8 Å². The van der Waals surface area contributed by atoms with Gasteiger partial charge in [-0.15, -0.1) is 0 Å². The molecule has 4 rings (SSSR count). The Morgan fingerprint density at radius 1 is 1.21 bits per heavy atom. The normalized spacial score (nSPS) is 19.7. The van der Waals surface area contributed by atoms with Crippen molar-refractivity contribution in [3.63, 3.8) is 0 Å². The Bertz CT molecular complexity index is 1630. The summed E-state index contributed by atoms with van der Waals surface area (Å²) in [6, 6.07) is 6.35. The molecule has 42 heavy (non-hydrogen) atoms. The zero-order chi connectivity index (χ0) is 30.8. The lowest BCUT2D eigenvalue weighted by molar-refractivity contribution is -0.139. The van der Waals surface area contributed by atoms with Gasteiger partial charge >= 0.3 is 6.18 Å². The predicted molar refractivity (Wildman–Crippen MR) is 150 cm³/mol. The lowest BCUT2D eigenvalue weighted by Crippen LogP contribution is -2.56.